The first-order valence-electron chi connectivity index (χ1n) is 6.49. The number of amides is 1. The quantitative estimate of drug-likeness (QED) is 0.776. The van der Waals surface area contributed by atoms with E-state index in [4.69, 9.17) is 0 Å². The third-order valence-electron chi connectivity index (χ3n) is 2.86. The molecule has 0 unspecified atom stereocenters. The van der Waals surface area contributed by atoms with Gasteiger partial charge >= 0.3 is 12.6 Å². The molecule has 24 heavy (non-hydrogen) atoms. The van der Waals surface area contributed by atoms with E-state index in [1.165, 1.54) is 36.2 Å². The van der Waals surface area contributed by atoms with Gasteiger partial charge in [-0.25, -0.2) is 4.79 Å². The summed E-state index contributed by atoms with van der Waals surface area (Å²) < 4.78 is 35.7. The fourth-order valence-electron chi connectivity index (χ4n) is 1.90. The summed E-state index contributed by atoms with van der Waals surface area (Å²) in [6.07, 6.45) is 1.38. The number of anilines is 1. The third kappa shape index (κ3) is 4.07. The Bertz CT molecular complexity index is 779. The van der Waals surface area contributed by atoms with Crippen LogP contribution in [-0.4, -0.2) is 35.4 Å². The van der Waals surface area contributed by atoms with E-state index in [9.17, 15) is 18.4 Å². The van der Waals surface area contributed by atoms with Crippen LogP contribution in [0.3, 0.4) is 0 Å². The lowest BCUT2D eigenvalue weighted by atomic mass is 10.2. The number of aryl methyl sites for hydroxylation is 1. The Kier molecular flexibility index (Phi) is 5.50. The van der Waals surface area contributed by atoms with Crippen LogP contribution in [0.15, 0.2) is 28.9 Å². The van der Waals surface area contributed by atoms with Crippen LogP contribution in [0.5, 0.6) is 5.75 Å². The van der Waals surface area contributed by atoms with Gasteiger partial charge in [-0.1, -0.05) is 15.9 Å². The number of benzene rings is 1. The smallest absolute Gasteiger partial charge is 0.387 e. The molecule has 1 aromatic carbocycles. The van der Waals surface area contributed by atoms with Crippen LogP contribution < -0.4 is 10.1 Å². The van der Waals surface area contributed by atoms with E-state index in [1.54, 1.807) is 7.05 Å². The number of nitrogens with zero attached hydrogens (tertiary/aromatic N) is 2. The number of esters is 1. The van der Waals surface area contributed by atoms with E-state index < -0.39 is 18.5 Å². The SMILES string of the molecule is COC(=O)c1nn(C)cc1NC(=O)c1cc(Br)ccc1OC(F)F. The number of aromatic nitrogens is 2. The second-order valence-electron chi connectivity index (χ2n) is 4.53. The van der Waals surface area contributed by atoms with E-state index in [0.717, 1.165) is 0 Å². The van der Waals surface area contributed by atoms with E-state index in [-0.39, 0.29) is 22.7 Å². The largest absolute Gasteiger partial charge is 0.464 e. The van der Waals surface area contributed by atoms with Crippen molar-refractivity contribution in [1.29, 1.82) is 0 Å². The molecule has 0 saturated heterocycles. The second-order valence-corrected chi connectivity index (χ2v) is 5.45. The molecule has 7 nitrogen and oxygen atoms in total. The summed E-state index contributed by atoms with van der Waals surface area (Å²) in [5, 5.41) is 6.32. The number of methoxy groups -OCH3 is 1. The van der Waals surface area contributed by atoms with Crippen LogP contribution in [0.4, 0.5) is 14.5 Å². The van der Waals surface area contributed by atoms with E-state index in [1.807, 2.05) is 0 Å². The molecule has 0 spiro atoms. The van der Waals surface area contributed by atoms with Gasteiger partial charge in [0, 0.05) is 17.7 Å². The topological polar surface area (TPSA) is 82.5 Å². The van der Waals surface area contributed by atoms with E-state index in [0.29, 0.717) is 4.47 Å². The Morgan fingerprint density at radius 1 is 1.38 bits per heavy atom. The fraction of sp³-hybridized carbons (Fsp3) is 0.214. The van der Waals surface area contributed by atoms with Gasteiger partial charge in [0.1, 0.15) is 5.75 Å². The summed E-state index contributed by atoms with van der Waals surface area (Å²) in [7, 11) is 2.72. The molecule has 10 heteroatoms. The number of hydrogen-bond donors (Lipinski definition) is 1. The third-order valence-corrected chi connectivity index (χ3v) is 3.35. The highest BCUT2D eigenvalue weighted by molar-refractivity contribution is 9.10. The van der Waals surface area contributed by atoms with Gasteiger partial charge in [-0.05, 0) is 18.2 Å². The van der Waals surface area contributed by atoms with Crippen molar-refractivity contribution in [1.82, 2.24) is 9.78 Å². The Morgan fingerprint density at radius 3 is 2.71 bits per heavy atom. The fourth-order valence-corrected chi connectivity index (χ4v) is 2.26. The van der Waals surface area contributed by atoms with Crippen molar-refractivity contribution in [3.05, 3.63) is 40.1 Å². The molecule has 0 aliphatic carbocycles. The van der Waals surface area contributed by atoms with Gasteiger partial charge in [-0.3, -0.25) is 9.48 Å². The molecule has 1 heterocycles. The minimum absolute atomic E-state index is 0.0809. The Hall–Kier alpha value is -2.49. The molecule has 0 fully saturated rings. The highest BCUT2D eigenvalue weighted by Crippen LogP contribution is 2.26. The monoisotopic (exact) mass is 403 g/mol. The number of carbonyl (C=O) groups excluding carboxylic acids is 2. The minimum atomic E-state index is -3.08. The molecule has 128 valence electrons. The number of nitrogens with one attached hydrogen (secondary N) is 1. The minimum Gasteiger partial charge on any atom is -0.464 e. The zero-order valence-corrected chi connectivity index (χ0v) is 14.1. The number of carbonyl (C=O) groups is 2. The summed E-state index contributed by atoms with van der Waals surface area (Å²) in [4.78, 5) is 24.0. The lowest BCUT2D eigenvalue weighted by Gasteiger charge is -2.11. The number of ether oxygens (including phenoxy) is 2. The molecular formula is C14H12BrF2N3O4. The molecule has 0 aliphatic rings. The van der Waals surface area contributed by atoms with E-state index in [2.05, 4.69) is 35.8 Å². The average molecular weight is 404 g/mol. The van der Waals surface area contributed by atoms with Gasteiger partial charge in [0.05, 0.1) is 18.4 Å². The van der Waals surface area contributed by atoms with Crippen LogP contribution >= 0.6 is 15.9 Å². The van der Waals surface area contributed by atoms with Gasteiger partial charge in [-0.2, -0.15) is 13.9 Å². The van der Waals surface area contributed by atoms with E-state index >= 15 is 0 Å². The molecular weight excluding hydrogens is 392 g/mol. The summed E-state index contributed by atoms with van der Waals surface area (Å²) in [6, 6.07) is 4.01. The molecule has 0 saturated carbocycles. The van der Waals surface area contributed by atoms with Crippen molar-refractivity contribution in [2.45, 2.75) is 6.61 Å². The van der Waals surface area contributed by atoms with Gasteiger partial charge in [-0.15, -0.1) is 0 Å². The van der Waals surface area contributed by atoms with Gasteiger partial charge in [0.25, 0.3) is 5.91 Å². The van der Waals surface area contributed by atoms with Gasteiger partial charge < -0.3 is 14.8 Å². The zero-order valence-electron chi connectivity index (χ0n) is 12.5. The first-order chi connectivity index (χ1) is 11.3. The van der Waals surface area contributed by atoms with Crippen molar-refractivity contribution in [2.75, 3.05) is 12.4 Å². The molecule has 0 radical (unpaired) electrons. The molecule has 0 bridgehead atoms. The first-order valence-corrected chi connectivity index (χ1v) is 7.28. The Morgan fingerprint density at radius 2 is 2.08 bits per heavy atom. The normalized spacial score (nSPS) is 10.6. The Balaban J connectivity index is 2.34. The highest BCUT2D eigenvalue weighted by atomic mass is 79.9. The van der Waals surface area contributed by atoms with Crippen LogP contribution in [0.1, 0.15) is 20.8 Å². The Labute approximate surface area is 143 Å². The van der Waals surface area contributed by atoms with Crippen molar-refractivity contribution >= 4 is 33.5 Å². The van der Waals surface area contributed by atoms with Crippen LogP contribution in [-0.2, 0) is 11.8 Å². The zero-order chi connectivity index (χ0) is 17.9. The lowest BCUT2D eigenvalue weighted by Crippen LogP contribution is -2.17. The van der Waals surface area contributed by atoms with Gasteiger partial charge in [0.15, 0.2) is 5.69 Å². The first kappa shape index (κ1) is 17.9. The maximum atomic E-state index is 12.5. The number of halogens is 3. The van der Waals surface area contributed by atoms with Gasteiger partial charge in [0.2, 0.25) is 0 Å². The standard InChI is InChI=1S/C14H12BrF2N3O4/c1-20-6-9(11(19-20)13(22)23-2)18-12(21)8-5-7(15)3-4-10(8)24-14(16)17/h3-6,14H,1-2H3,(H,18,21). The molecule has 2 aromatic rings. The predicted molar refractivity (Wildman–Crippen MR) is 83.3 cm³/mol. The predicted octanol–water partition coefficient (Wildman–Crippen LogP) is 2.82. The molecule has 1 amide bonds. The van der Waals surface area contributed by atoms with Crippen LogP contribution in [0.25, 0.3) is 0 Å². The summed E-state index contributed by atoms with van der Waals surface area (Å²) in [6.45, 7) is -3.08. The maximum Gasteiger partial charge on any atom is 0.387 e. The van der Waals surface area contributed by atoms with Crippen LogP contribution in [0.2, 0.25) is 0 Å². The lowest BCUT2D eigenvalue weighted by molar-refractivity contribution is -0.0501. The molecule has 0 aliphatic heterocycles. The molecule has 1 aromatic heterocycles. The summed E-state index contributed by atoms with van der Waals surface area (Å²) >= 11 is 3.16. The van der Waals surface area contributed by atoms with Crippen molar-refractivity contribution < 1.29 is 27.8 Å². The number of hydrogen-bond acceptors (Lipinski definition) is 5. The van der Waals surface area contributed by atoms with Crippen LogP contribution in [0, 0.1) is 0 Å². The second kappa shape index (κ2) is 7.39. The van der Waals surface area contributed by atoms with Crippen molar-refractivity contribution in [2.24, 2.45) is 7.05 Å². The molecule has 2 rings (SSSR count). The van der Waals surface area contributed by atoms with Crippen molar-refractivity contribution in [3.63, 3.8) is 0 Å². The highest BCUT2D eigenvalue weighted by Gasteiger charge is 2.22. The summed E-state index contributed by atoms with van der Waals surface area (Å²) in [5.74, 6) is -1.79. The number of alkyl halides is 2. The average Bonchev–Trinajstić information content (AvgIpc) is 2.88. The molecule has 1 N–H and O–H groups in total. The molecule has 0 atom stereocenters. The van der Waals surface area contributed by atoms with Crippen molar-refractivity contribution in [3.8, 4) is 5.75 Å². The maximum absolute atomic E-state index is 12.5. The number of rotatable bonds is 5. The summed E-state index contributed by atoms with van der Waals surface area (Å²) in [5.41, 5.74) is -0.165.